The van der Waals surface area contributed by atoms with Gasteiger partial charge in [0.25, 0.3) is 5.91 Å². The van der Waals surface area contributed by atoms with Crippen molar-refractivity contribution < 1.29 is 18.7 Å². The molecule has 0 N–H and O–H groups in total. The molecule has 7 nitrogen and oxygen atoms in total. The molecule has 1 amide bonds. The SMILES string of the molecule is CCCOc1ccc([C@@H]2c3c(oc4ccccc4c3=O)C(=O)N2c2nc(C)c(C)s2)cc1OCC. The third-order valence-corrected chi connectivity index (χ3v) is 7.12. The molecule has 0 unspecified atom stereocenters. The lowest BCUT2D eigenvalue weighted by atomic mass is 9.98. The Morgan fingerprint density at radius 2 is 1.86 bits per heavy atom. The number of carbonyl (C=O) groups excluding carboxylic acids is 1. The number of ether oxygens (including phenoxy) is 2. The van der Waals surface area contributed by atoms with Gasteiger partial charge in [0.05, 0.1) is 35.9 Å². The largest absolute Gasteiger partial charge is 0.490 e. The van der Waals surface area contributed by atoms with Crippen molar-refractivity contribution in [2.24, 2.45) is 0 Å². The zero-order chi connectivity index (χ0) is 24.7. The quantitative estimate of drug-likeness (QED) is 0.325. The van der Waals surface area contributed by atoms with Crippen LogP contribution in [0.1, 0.15) is 58.6 Å². The molecule has 1 aliphatic rings. The molecule has 4 aromatic rings. The zero-order valence-corrected chi connectivity index (χ0v) is 20.9. The standard InChI is InChI=1S/C27H26N2O5S/c1-5-13-33-20-12-11-17(14-21(20)32-6-2)23-22-24(30)18-9-7-8-10-19(18)34-25(22)26(31)29(23)27-28-15(3)16(4)35-27/h7-12,14,23H,5-6,13H2,1-4H3/t23-/m1/s1. The topological polar surface area (TPSA) is 81.9 Å². The number of anilines is 1. The van der Waals surface area contributed by atoms with Crippen LogP contribution in [-0.2, 0) is 0 Å². The van der Waals surface area contributed by atoms with Crippen LogP contribution in [0.25, 0.3) is 11.0 Å². The molecule has 0 saturated heterocycles. The van der Waals surface area contributed by atoms with Crippen LogP contribution in [0, 0.1) is 13.8 Å². The highest BCUT2D eigenvalue weighted by atomic mass is 32.1. The Morgan fingerprint density at radius 3 is 2.57 bits per heavy atom. The molecule has 180 valence electrons. The van der Waals surface area contributed by atoms with E-state index in [1.54, 1.807) is 29.2 Å². The minimum Gasteiger partial charge on any atom is -0.490 e. The summed E-state index contributed by atoms with van der Waals surface area (Å²) < 4.78 is 17.8. The van der Waals surface area contributed by atoms with Crippen LogP contribution < -0.4 is 19.8 Å². The summed E-state index contributed by atoms with van der Waals surface area (Å²) in [6.07, 6.45) is 0.864. The van der Waals surface area contributed by atoms with Gasteiger partial charge in [-0.15, -0.1) is 11.3 Å². The van der Waals surface area contributed by atoms with Gasteiger partial charge in [0.15, 0.2) is 22.1 Å². The van der Waals surface area contributed by atoms with E-state index in [9.17, 15) is 9.59 Å². The highest BCUT2D eigenvalue weighted by Crippen LogP contribution is 2.44. The van der Waals surface area contributed by atoms with E-state index in [-0.39, 0.29) is 17.1 Å². The number of fused-ring (bicyclic) bond motifs is 2. The summed E-state index contributed by atoms with van der Waals surface area (Å²) in [5, 5.41) is 0.958. The number of aryl methyl sites for hydroxylation is 2. The number of aromatic nitrogens is 1. The Labute approximate surface area is 206 Å². The average molecular weight is 491 g/mol. The summed E-state index contributed by atoms with van der Waals surface area (Å²) in [5.41, 5.74) is 2.03. The first-order chi connectivity index (χ1) is 16.9. The lowest BCUT2D eigenvalue weighted by Gasteiger charge is -2.23. The van der Waals surface area contributed by atoms with E-state index in [0.717, 1.165) is 22.6 Å². The minimum atomic E-state index is -0.706. The molecule has 0 saturated carbocycles. The van der Waals surface area contributed by atoms with Crippen molar-refractivity contribution in [3.8, 4) is 11.5 Å². The van der Waals surface area contributed by atoms with Gasteiger partial charge in [-0.2, -0.15) is 0 Å². The first kappa shape index (κ1) is 23.1. The molecule has 0 bridgehead atoms. The summed E-state index contributed by atoms with van der Waals surface area (Å²) >= 11 is 1.42. The van der Waals surface area contributed by atoms with Crippen LogP contribution in [0.4, 0.5) is 5.13 Å². The molecule has 0 spiro atoms. The number of nitrogens with zero attached hydrogens (tertiary/aromatic N) is 2. The fourth-order valence-corrected chi connectivity index (χ4v) is 5.22. The van der Waals surface area contributed by atoms with Gasteiger partial charge < -0.3 is 13.9 Å². The third kappa shape index (κ3) is 3.87. The lowest BCUT2D eigenvalue weighted by Crippen LogP contribution is -2.29. The van der Waals surface area contributed by atoms with E-state index < -0.39 is 6.04 Å². The monoisotopic (exact) mass is 490 g/mol. The molecule has 0 aliphatic carbocycles. The number of para-hydroxylation sites is 1. The second kappa shape index (κ2) is 9.19. The van der Waals surface area contributed by atoms with Crippen LogP contribution in [-0.4, -0.2) is 24.1 Å². The molecule has 0 radical (unpaired) electrons. The summed E-state index contributed by atoms with van der Waals surface area (Å²) in [6, 6.07) is 11.8. The Bertz CT molecular complexity index is 1470. The van der Waals surface area contributed by atoms with E-state index in [2.05, 4.69) is 4.98 Å². The van der Waals surface area contributed by atoms with Crippen molar-refractivity contribution in [2.45, 2.75) is 40.2 Å². The number of thiazole rings is 1. The van der Waals surface area contributed by atoms with Gasteiger partial charge in [0.1, 0.15) is 5.58 Å². The predicted molar refractivity (Wildman–Crippen MR) is 136 cm³/mol. The van der Waals surface area contributed by atoms with Crippen LogP contribution in [0.5, 0.6) is 11.5 Å². The summed E-state index contributed by atoms with van der Waals surface area (Å²) in [6.45, 7) is 8.82. The van der Waals surface area contributed by atoms with Crippen LogP contribution in [0.3, 0.4) is 0 Å². The van der Waals surface area contributed by atoms with Crippen molar-refractivity contribution in [2.75, 3.05) is 18.1 Å². The van der Waals surface area contributed by atoms with Crippen molar-refractivity contribution in [3.05, 3.63) is 80.1 Å². The van der Waals surface area contributed by atoms with Crippen molar-refractivity contribution in [1.29, 1.82) is 0 Å². The number of rotatable bonds is 7. The molecule has 35 heavy (non-hydrogen) atoms. The van der Waals surface area contributed by atoms with Crippen molar-refractivity contribution >= 4 is 33.3 Å². The number of carbonyl (C=O) groups is 1. The first-order valence-corrected chi connectivity index (χ1v) is 12.5. The van der Waals surface area contributed by atoms with Crippen LogP contribution in [0.2, 0.25) is 0 Å². The second-order valence-corrected chi connectivity index (χ2v) is 9.56. The maximum atomic E-state index is 13.7. The normalized spacial score (nSPS) is 15.0. The third-order valence-electron chi connectivity index (χ3n) is 6.05. The van der Waals surface area contributed by atoms with Gasteiger partial charge in [-0.05, 0) is 57.0 Å². The van der Waals surface area contributed by atoms with Gasteiger partial charge in [-0.1, -0.05) is 25.1 Å². The molecule has 5 rings (SSSR count). The van der Waals surface area contributed by atoms with E-state index in [4.69, 9.17) is 13.9 Å². The molecule has 2 aromatic carbocycles. The highest BCUT2D eigenvalue weighted by Gasteiger charge is 2.45. The molecule has 1 atom stereocenters. The molecule has 2 aromatic heterocycles. The molecular weight excluding hydrogens is 464 g/mol. The molecular formula is C27H26N2O5S. The second-order valence-electron chi connectivity index (χ2n) is 8.37. The number of hydrogen-bond donors (Lipinski definition) is 0. The number of benzene rings is 2. The Morgan fingerprint density at radius 1 is 1.06 bits per heavy atom. The van der Waals surface area contributed by atoms with E-state index in [0.29, 0.717) is 46.4 Å². The zero-order valence-electron chi connectivity index (χ0n) is 20.1. The maximum absolute atomic E-state index is 13.7. The average Bonchev–Trinajstić information content (AvgIpc) is 3.34. The fraction of sp³-hybridized carbons (Fsp3) is 0.296. The van der Waals surface area contributed by atoms with Crippen LogP contribution >= 0.6 is 11.3 Å². The number of hydrogen-bond acceptors (Lipinski definition) is 7. The van der Waals surface area contributed by atoms with Gasteiger partial charge >= 0.3 is 0 Å². The van der Waals surface area contributed by atoms with Crippen molar-refractivity contribution in [1.82, 2.24) is 4.98 Å². The van der Waals surface area contributed by atoms with E-state index in [1.165, 1.54) is 11.3 Å². The maximum Gasteiger partial charge on any atom is 0.297 e. The predicted octanol–water partition coefficient (Wildman–Crippen LogP) is 5.80. The smallest absolute Gasteiger partial charge is 0.297 e. The van der Waals surface area contributed by atoms with Crippen molar-refractivity contribution in [3.63, 3.8) is 0 Å². The van der Waals surface area contributed by atoms with E-state index >= 15 is 0 Å². The van der Waals surface area contributed by atoms with Gasteiger partial charge in [-0.3, -0.25) is 14.5 Å². The fourth-order valence-electron chi connectivity index (χ4n) is 4.29. The van der Waals surface area contributed by atoms with Gasteiger partial charge in [-0.25, -0.2) is 4.98 Å². The minimum absolute atomic E-state index is 0.0495. The highest BCUT2D eigenvalue weighted by molar-refractivity contribution is 7.15. The van der Waals surface area contributed by atoms with Crippen LogP contribution in [0.15, 0.2) is 51.7 Å². The summed E-state index contributed by atoms with van der Waals surface area (Å²) in [7, 11) is 0. The number of amides is 1. The first-order valence-electron chi connectivity index (χ1n) is 11.7. The van der Waals surface area contributed by atoms with Gasteiger partial charge in [0.2, 0.25) is 5.76 Å². The summed E-state index contributed by atoms with van der Waals surface area (Å²) in [4.78, 5) is 34.6. The Hall–Kier alpha value is -3.65. The molecule has 1 aliphatic heterocycles. The molecule has 8 heteroatoms. The molecule has 3 heterocycles. The van der Waals surface area contributed by atoms with E-state index in [1.807, 2.05) is 45.9 Å². The summed E-state index contributed by atoms with van der Waals surface area (Å²) in [5.74, 6) is 0.857. The molecule has 0 fully saturated rings. The Balaban J connectivity index is 1.74. The Kier molecular flexibility index (Phi) is 6.06. The van der Waals surface area contributed by atoms with Gasteiger partial charge in [0, 0.05) is 4.88 Å². The lowest BCUT2D eigenvalue weighted by molar-refractivity contribution is 0.0971.